The zero-order valence-corrected chi connectivity index (χ0v) is 12.2. The number of halogens is 3. The van der Waals surface area contributed by atoms with Crippen LogP contribution in [0.3, 0.4) is 0 Å². The third kappa shape index (κ3) is 4.97. The second kappa shape index (κ2) is 6.67. The number of hydrazone groups is 1. The molecule has 1 N–H and O–H groups in total. The average molecular weight is 329 g/mol. The minimum absolute atomic E-state index is 0.127. The van der Waals surface area contributed by atoms with Crippen LogP contribution in [0.2, 0.25) is 0 Å². The Kier molecular flexibility index (Phi) is 4.87. The fourth-order valence-corrected chi connectivity index (χ4v) is 1.93. The first kappa shape index (κ1) is 16.8. The third-order valence-electron chi connectivity index (χ3n) is 3.08. The van der Waals surface area contributed by atoms with E-state index in [-0.39, 0.29) is 36.8 Å². The van der Waals surface area contributed by atoms with Crippen LogP contribution in [0.4, 0.5) is 13.2 Å². The van der Waals surface area contributed by atoms with Gasteiger partial charge in [-0.25, -0.2) is 5.01 Å². The lowest BCUT2D eigenvalue weighted by Gasteiger charge is -2.18. The highest BCUT2D eigenvalue weighted by molar-refractivity contribution is 6.39. The van der Waals surface area contributed by atoms with Gasteiger partial charge in [0.25, 0.3) is 5.91 Å². The molecule has 23 heavy (non-hydrogen) atoms. The van der Waals surface area contributed by atoms with E-state index in [4.69, 9.17) is 0 Å². The molecule has 0 radical (unpaired) electrons. The number of nitrogens with zero attached hydrogens (tertiary/aromatic N) is 2. The van der Waals surface area contributed by atoms with Crippen LogP contribution in [0, 0.1) is 0 Å². The van der Waals surface area contributed by atoms with E-state index in [1.54, 1.807) is 0 Å². The summed E-state index contributed by atoms with van der Waals surface area (Å²) in [7, 11) is 1.47. The fourth-order valence-electron chi connectivity index (χ4n) is 1.93. The zero-order chi connectivity index (χ0) is 17.0. The number of ether oxygens (including phenoxy) is 1. The van der Waals surface area contributed by atoms with Crippen LogP contribution in [0.5, 0.6) is 5.75 Å². The predicted octanol–water partition coefficient (Wildman–Crippen LogP) is 1.81. The van der Waals surface area contributed by atoms with Crippen molar-refractivity contribution in [2.24, 2.45) is 5.10 Å². The minimum Gasteiger partial charge on any atom is -0.406 e. The highest BCUT2D eigenvalue weighted by Gasteiger charge is 2.31. The van der Waals surface area contributed by atoms with Crippen molar-refractivity contribution in [2.45, 2.75) is 25.7 Å². The Morgan fingerprint density at radius 1 is 1.30 bits per heavy atom. The van der Waals surface area contributed by atoms with Crippen molar-refractivity contribution < 1.29 is 27.5 Å². The molecule has 0 bridgehead atoms. The maximum atomic E-state index is 12.0. The second-order valence-electron chi connectivity index (χ2n) is 4.84. The van der Waals surface area contributed by atoms with Crippen LogP contribution in [-0.2, 0) is 16.1 Å². The number of hydrogen-bond donors (Lipinski definition) is 1. The number of alkyl halides is 3. The van der Waals surface area contributed by atoms with E-state index in [1.807, 2.05) is 0 Å². The summed E-state index contributed by atoms with van der Waals surface area (Å²) in [6.45, 7) is 0.127. The van der Waals surface area contributed by atoms with Crippen LogP contribution in [0.25, 0.3) is 0 Å². The molecular weight excluding hydrogens is 315 g/mol. The van der Waals surface area contributed by atoms with Gasteiger partial charge in [-0.05, 0) is 17.7 Å². The molecule has 0 aliphatic carbocycles. The Labute approximate surface area is 129 Å². The van der Waals surface area contributed by atoms with Gasteiger partial charge >= 0.3 is 6.36 Å². The van der Waals surface area contributed by atoms with Crippen LogP contribution in [0.15, 0.2) is 29.4 Å². The molecule has 0 saturated carbocycles. The quantitative estimate of drug-likeness (QED) is 0.916. The van der Waals surface area contributed by atoms with E-state index in [9.17, 15) is 22.8 Å². The molecule has 6 nitrogen and oxygen atoms in total. The van der Waals surface area contributed by atoms with Gasteiger partial charge in [0.1, 0.15) is 11.5 Å². The Balaban J connectivity index is 1.90. The molecule has 2 rings (SSSR count). The molecule has 1 aliphatic heterocycles. The first-order valence-corrected chi connectivity index (χ1v) is 6.71. The first-order chi connectivity index (χ1) is 10.7. The topological polar surface area (TPSA) is 71.0 Å². The van der Waals surface area contributed by atoms with Crippen molar-refractivity contribution in [1.29, 1.82) is 0 Å². The molecule has 0 fully saturated rings. The van der Waals surface area contributed by atoms with Crippen molar-refractivity contribution in [3.8, 4) is 5.75 Å². The van der Waals surface area contributed by atoms with Gasteiger partial charge in [0.15, 0.2) is 0 Å². The Bertz CT molecular complexity index is 626. The van der Waals surface area contributed by atoms with Crippen LogP contribution in [-0.4, -0.2) is 35.9 Å². The molecule has 1 aliphatic rings. The summed E-state index contributed by atoms with van der Waals surface area (Å²) in [6.07, 6.45) is -4.27. The van der Waals surface area contributed by atoms with Crippen molar-refractivity contribution in [1.82, 2.24) is 10.3 Å². The van der Waals surface area contributed by atoms with Crippen molar-refractivity contribution in [2.75, 3.05) is 7.05 Å². The number of hydrogen-bond acceptors (Lipinski definition) is 4. The molecule has 0 spiro atoms. The van der Waals surface area contributed by atoms with Gasteiger partial charge in [0.05, 0.1) is 0 Å². The summed E-state index contributed by atoms with van der Waals surface area (Å²) in [5.41, 5.74) is 0.845. The standard InChI is InChI=1S/C14H14F3N3O3/c1-20-12(21)7-6-11(19-20)13(22)18-8-9-2-4-10(5-3-9)23-14(15,16)17/h2-5H,6-8H2,1H3,(H,18,22). The van der Waals surface area contributed by atoms with E-state index in [1.165, 1.54) is 31.3 Å². The molecule has 1 aromatic rings. The predicted molar refractivity (Wildman–Crippen MR) is 74.4 cm³/mol. The summed E-state index contributed by atoms with van der Waals surface area (Å²) in [5, 5.41) is 7.59. The molecular formula is C14H14F3N3O3. The highest BCUT2D eigenvalue weighted by Crippen LogP contribution is 2.22. The zero-order valence-electron chi connectivity index (χ0n) is 12.2. The number of nitrogens with one attached hydrogen (secondary N) is 1. The lowest BCUT2D eigenvalue weighted by Crippen LogP contribution is -2.37. The smallest absolute Gasteiger partial charge is 0.406 e. The molecule has 0 unspecified atom stereocenters. The van der Waals surface area contributed by atoms with Crippen molar-refractivity contribution in [3.05, 3.63) is 29.8 Å². The van der Waals surface area contributed by atoms with Gasteiger partial charge in [-0.2, -0.15) is 5.10 Å². The summed E-state index contributed by atoms with van der Waals surface area (Å²) in [5.74, 6) is -0.911. The molecule has 124 valence electrons. The second-order valence-corrected chi connectivity index (χ2v) is 4.84. The van der Waals surface area contributed by atoms with Gasteiger partial charge in [0, 0.05) is 26.4 Å². The van der Waals surface area contributed by atoms with Crippen LogP contribution in [0.1, 0.15) is 18.4 Å². The molecule has 2 amide bonds. The first-order valence-electron chi connectivity index (χ1n) is 6.71. The molecule has 1 heterocycles. The van der Waals surface area contributed by atoms with Crippen LogP contribution >= 0.6 is 0 Å². The van der Waals surface area contributed by atoms with Crippen molar-refractivity contribution >= 4 is 17.5 Å². The van der Waals surface area contributed by atoms with Gasteiger partial charge in [-0.3, -0.25) is 9.59 Å². The highest BCUT2D eigenvalue weighted by atomic mass is 19.4. The molecule has 0 saturated heterocycles. The van der Waals surface area contributed by atoms with E-state index in [2.05, 4.69) is 15.2 Å². The van der Waals surface area contributed by atoms with E-state index >= 15 is 0 Å². The normalized spacial score (nSPS) is 15.2. The lowest BCUT2D eigenvalue weighted by molar-refractivity contribution is -0.274. The third-order valence-corrected chi connectivity index (χ3v) is 3.08. The SMILES string of the molecule is CN1N=C(C(=O)NCc2ccc(OC(F)(F)F)cc2)CCC1=O. The monoisotopic (exact) mass is 329 g/mol. The number of rotatable bonds is 4. The van der Waals surface area contributed by atoms with Crippen LogP contribution < -0.4 is 10.1 Å². The van der Waals surface area contributed by atoms with Gasteiger partial charge in [0.2, 0.25) is 5.91 Å². The summed E-state index contributed by atoms with van der Waals surface area (Å²) < 4.78 is 39.9. The Hall–Kier alpha value is -2.58. The number of carbonyl (C=O) groups is 2. The molecule has 1 aromatic carbocycles. The maximum Gasteiger partial charge on any atom is 0.573 e. The fraction of sp³-hybridized carbons (Fsp3) is 0.357. The van der Waals surface area contributed by atoms with E-state index in [0.717, 1.165) is 5.01 Å². The number of amides is 2. The van der Waals surface area contributed by atoms with Crippen molar-refractivity contribution in [3.63, 3.8) is 0 Å². The summed E-state index contributed by atoms with van der Waals surface area (Å²) >= 11 is 0. The minimum atomic E-state index is -4.74. The lowest BCUT2D eigenvalue weighted by atomic mass is 10.1. The molecule has 0 aromatic heterocycles. The average Bonchev–Trinajstić information content (AvgIpc) is 2.47. The van der Waals surface area contributed by atoms with Gasteiger partial charge < -0.3 is 10.1 Å². The Morgan fingerprint density at radius 3 is 2.52 bits per heavy atom. The van der Waals surface area contributed by atoms with E-state index in [0.29, 0.717) is 5.56 Å². The molecule has 0 atom stereocenters. The Morgan fingerprint density at radius 2 is 1.96 bits per heavy atom. The summed E-state index contributed by atoms with van der Waals surface area (Å²) in [4.78, 5) is 23.2. The van der Waals surface area contributed by atoms with Gasteiger partial charge in [-0.15, -0.1) is 13.2 Å². The van der Waals surface area contributed by atoms with E-state index < -0.39 is 12.3 Å². The maximum absolute atomic E-state index is 12.0. The summed E-state index contributed by atoms with van der Waals surface area (Å²) in [6, 6.07) is 5.17. The molecule has 9 heteroatoms. The number of carbonyl (C=O) groups excluding carboxylic acids is 2. The van der Waals surface area contributed by atoms with Gasteiger partial charge in [-0.1, -0.05) is 12.1 Å². The number of benzene rings is 1. The largest absolute Gasteiger partial charge is 0.573 e.